The Morgan fingerprint density at radius 2 is 1.26 bits per heavy atom. The van der Waals surface area contributed by atoms with Crippen molar-refractivity contribution in [3.05, 3.63) is 116 Å². The molecule has 6 rings (SSSR count). The zero-order valence-corrected chi connectivity index (χ0v) is 33.5. The Balaban J connectivity index is 1.45. The number of amides is 4. The summed E-state index contributed by atoms with van der Waals surface area (Å²) in [7, 11) is 2.85. The third-order valence-corrected chi connectivity index (χ3v) is 11.6. The van der Waals surface area contributed by atoms with Gasteiger partial charge in [-0.2, -0.15) is 0 Å². The molecule has 282 valence electrons. The van der Waals surface area contributed by atoms with E-state index in [1.807, 2.05) is 12.1 Å². The van der Waals surface area contributed by atoms with Gasteiger partial charge in [-0.15, -0.1) is 0 Å². The van der Waals surface area contributed by atoms with Crippen LogP contribution in [0.25, 0.3) is 0 Å². The number of aliphatic hydroxyl groups is 1. The number of carbonyl (C=O) groups is 3. The number of aliphatic hydroxyl groups excluding tert-OH is 1. The molecule has 3 aliphatic heterocycles. The highest BCUT2D eigenvalue weighted by atomic mass is 35.5. The van der Waals surface area contributed by atoms with E-state index in [-0.39, 0.29) is 23.0 Å². The molecule has 9 heteroatoms. The van der Waals surface area contributed by atoms with Crippen LogP contribution in [0.2, 0.25) is 5.02 Å². The first kappa shape index (κ1) is 38.9. The fraction of sp³-hybridized carbons (Fsp3) is 0.400. The monoisotopic (exact) mass is 746 g/mol. The van der Waals surface area contributed by atoms with Crippen LogP contribution >= 0.6 is 11.6 Å². The first-order chi connectivity index (χ1) is 25.7. The predicted molar refractivity (Wildman–Crippen MR) is 217 cm³/mol. The van der Waals surface area contributed by atoms with Gasteiger partial charge in [0.2, 0.25) is 0 Å². The van der Waals surface area contributed by atoms with Crippen molar-refractivity contribution in [3.63, 3.8) is 0 Å². The molecule has 0 unspecified atom stereocenters. The number of barbiturate groups is 1. The van der Waals surface area contributed by atoms with E-state index in [9.17, 15) is 14.4 Å². The number of urea groups is 1. The number of halogens is 1. The lowest BCUT2D eigenvalue weighted by molar-refractivity contribution is -0.134. The number of benzene rings is 2. The van der Waals surface area contributed by atoms with E-state index < -0.39 is 17.8 Å². The first-order valence-electron chi connectivity index (χ1n) is 19.0. The maximum absolute atomic E-state index is 13.8. The molecule has 8 nitrogen and oxygen atoms in total. The Kier molecular flexibility index (Phi) is 10.9. The third-order valence-electron chi connectivity index (χ3n) is 11.4. The lowest BCUT2D eigenvalue weighted by Gasteiger charge is -2.30. The quantitative estimate of drug-likeness (QED) is 0.132. The normalized spacial score (nSPS) is 22.0. The number of fused-ring (bicyclic) bond motifs is 2. The summed E-state index contributed by atoms with van der Waals surface area (Å²) in [6.07, 6.45) is 12.0. The highest BCUT2D eigenvalue weighted by molar-refractivity contribution is 6.31. The molecule has 4 aliphatic rings. The lowest BCUT2D eigenvalue weighted by Crippen LogP contribution is -2.53. The molecule has 4 amide bonds. The van der Waals surface area contributed by atoms with E-state index in [1.165, 1.54) is 19.7 Å². The Labute approximate surface area is 325 Å². The summed E-state index contributed by atoms with van der Waals surface area (Å²) >= 11 is 6.45. The average Bonchev–Trinajstić information content (AvgIpc) is 3.71. The summed E-state index contributed by atoms with van der Waals surface area (Å²) in [6.45, 7) is 14.8. The van der Waals surface area contributed by atoms with E-state index in [1.54, 1.807) is 0 Å². The summed E-state index contributed by atoms with van der Waals surface area (Å²) in [5.41, 5.74) is 9.46. The van der Waals surface area contributed by atoms with Crippen molar-refractivity contribution < 1.29 is 19.5 Å². The van der Waals surface area contributed by atoms with E-state index in [0.717, 1.165) is 87.2 Å². The Morgan fingerprint density at radius 1 is 0.741 bits per heavy atom. The number of carbonyl (C=O) groups excluding carboxylic acids is 3. The topological polar surface area (TPSA) is 84.4 Å². The molecular weight excluding hydrogens is 696 g/mol. The number of allylic oxidation sites excluding steroid dienone is 9. The fourth-order valence-electron chi connectivity index (χ4n) is 8.35. The van der Waals surface area contributed by atoms with Crippen LogP contribution in [0.5, 0.6) is 0 Å². The van der Waals surface area contributed by atoms with Crippen molar-refractivity contribution in [1.29, 1.82) is 0 Å². The van der Waals surface area contributed by atoms with Crippen LogP contribution in [0.3, 0.4) is 0 Å². The van der Waals surface area contributed by atoms with Crippen LogP contribution < -0.4 is 9.80 Å². The van der Waals surface area contributed by atoms with Gasteiger partial charge in [-0.1, -0.05) is 63.3 Å². The number of hydrogen-bond donors (Lipinski definition) is 1. The van der Waals surface area contributed by atoms with Crippen molar-refractivity contribution in [2.75, 3.05) is 43.6 Å². The number of unbranched alkanes of at least 4 members (excludes halogenated alkanes) is 2. The summed E-state index contributed by atoms with van der Waals surface area (Å²) in [6, 6.07) is 11.8. The van der Waals surface area contributed by atoms with Gasteiger partial charge in [0.25, 0.3) is 11.8 Å². The van der Waals surface area contributed by atoms with E-state index >= 15 is 0 Å². The molecule has 1 N–H and O–H groups in total. The van der Waals surface area contributed by atoms with Crippen LogP contribution in [0, 0.1) is 11.8 Å². The minimum Gasteiger partial charge on any atom is -0.396 e. The summed E-state index contributed by atoms with van der Waals surface area (Å²) in [4.78, 5) is 47.2. The number of nitrogens with zero attached hydrogens (tertiary/aromatic N) is 4. The second kappa shape index (κ2) is 15.1. The van der Waals surface area contributed by atoms with Gasteiger partial charge < -0.3 is 14.9 Å². The van der Waals surface area contributed by atoms with E-state index in [0.29, 0.717) is 23.4 Å². The zero-order chi connectivity index (χ0) is 39.1. The van der Waals surface area contributed by atoms with Crippen LogP contribution in [-0.4, -0.2) is 66.5 Å². The molecule has 0 radical (unpaired) electrons. The smallest absolute Gasteiger partial charge is 0.333 e. The molecule has 0 atom stereocenters. The van der Waals surface area contributed by atoms with Crippen molar-refractivity contribution in [2.45, 2.75) is 84.5 Å². The van der Waals surface area contributed by atoms with Gasteiger partial charge in [0, 0.05) is 84.4 Å². The minimum atomic E-state index is -0.645. The molecule has 0 bridgehead atoms. The number of hydrogen-bond acceptors (Lipinski definition) is 6. The van der Waals surface area contributed by atoms with Gasteiger partial charge in [-0.25, -0.2) is 4.79 Å². The van der Waals surface area contributed by atoms with Gasteiger partial charge in [0.15, 0.2) is 0 Å². The summed E-state index contributed by atoms with van der Waals surface area (Å²) < 4.78 is 0. The number of likely N-dealkylation sites (N-methyl/N-ethyl adjacent to an activating group) is 4. The Bertz CT molecular complexity index is 2110. The highest BCUT2D eigenvalue weighted by Crippen LogP contribution is 2.50. The Hall–Kier alpha value is -4.84. The van der Waals surface area contributed by atoms with Gasteiger partial charge in [-0.05, 0) is 116 Å². The summed E-state index contributed by atoms with van der Waals surface area (Å²) in [5.74, 6) is 5.37. The molecule has 2 aromatic carbocycles. The van der Waals surface area contributed by atoms with Crippen LogP contribution in [0.1, 0.15) is 90.3 Å². The molecular formula is C45H51ClN4O4. The number of anilines is 2. The van der Waals surface area contributed by atoms with Crippen molar-refractivity contribution in [3.8, 4) is 11.8 Å². The SMILES string of the molecule is CCN1/C(=C/C=C2/CC/C(=C\C=C3\N(CC)c4ccc(C#CCCCCO)cc4C3(C)C)C2=C2C(=O)N(C)C(=O)N(C)C2=O)C(C)(C)c2cc(Cl)ccc21. The molecule has 1 aliphatic carbocycles. The second-order valence-electron chi connectivity index (χ2n) is 15.4. The molecule has 2 fully saturated rings. The second-order valence-corrected chi connectivity index (χ2v) is 15.8. The molecule has 3 heterocycles. The maximum Gasteiger partial charge on any atom is 0.333 e. The van der Waals surface area contributed by atoms with Gasteiger partial charge in [0.1, 0.15) is 5.57 Å². The molecule has 0 aromatic heterocycles. The largest absolute Gasteiger partial charge is 0.396 e. The molecule has 1 saturated heterocycles. The highest BCUT2D eigenvalue weighted by Gasteiger charge is 2.43. The molecule has 54 heavy (non-hydrogen) atoms. The van der Waals surface area contributed by atoms with Gasteiger partial charge in [-0.3, -0.25) is 19.4 Å². The van der Waals surface area contributed by atoms with Crippen molar-refractivity contribution in [2.24, 2.45) is 0 Å². The van der Waals surface area contributed by atoms with Crippen LogP contribution in [0.15, 0.2) is 94.4 Å². The third kappa shape index (κ3) is 6.62. The van der Waals surface area contributed by atoms with E-state index in [4.69, 9.17) is 16.7 Å². The van der Waals surface area contributed by atoms with Gasteiger partial charge >= 0.3 is 6.03 Å². The minimum absolute atomic E-state index is 0.0167. The first-order valence-corrected chi connectivity index (χ1v) is 19.3. The van der Waals surface area contributed by atoms with Gasteiger partial charge in [0.05, 0.1) is 0 Å². The number of rotatable bonds is 7. The molecule has 1 saturated carbocycles. The van der Waals surface area contributed by atoms with Crippen LogP contribution in [0.4, 0.5) is 16.2 Å². The average molecular weight is 747 g/mol. The predicted octanol–water partition coefficient (Wildman–Crippen LogP) is 8.55. The summed E-state index contributed by atoms with van der Waals surface area (Å²) in [5, 5.41) is 9.78. The molecule has 2 aromatic rings. The van der Waals surface area contributed by atoms with Crippen LogP contribution in [-0.2, 0) is 20.4 Å². The van der Waals surface area contributed by atoms with E-state index in [2.05, 4.69) is 112 Å². The standard InChI is InChI=1S/C45H51ClN4O4/c1-9-49-35-22-16-29(15-13-11-12-14-26-51)27-33(35)44(3,4)37(49)24-19-30-17-18-31(39(30)40-41(52)47(7)43(54)48(8)42(40)53)20-25-38-45(5,6)34-28-32(46)21-23-36(34)50(38)10-2/h16,19-25,27-28,51H,9-12,14,17-18,26H2,1-8H3/b30-19+,31-20-,37-24+,38-25+. The maximum atomic E-state index is 13.8. The zero-order valence-electron chi connectivity index (χ0n) is 32.8. The fourth-order valence-corrected chi connectivity index (χ4v) is 8.52. The van der Waals surface area contributed by atoms with Crippen molar-refractivity contribution >= 4 is 40.8 Å². The van der Waals surface area contributed by atoms with Crippen molar-refractivity contribution in [1.82, 2.24) is 9.80 Å². The number of imide groups is 2. The molecule has 0 spiro atoms. The Morgan fingerprint density at radius 3 is 1.78 bits per heavy atom. The lowest BCUT2D eigenvalue weighted by atomic mass is 9.83.